The predicted molar refractivity (Wildman–Crippen MR) is 145 cm³/mol. The first kappa shape index (κ1) is 25.6. The number of hydrogen-bond donors (Lipinski definition) is 1. The number of tetrazole rings is 1. The third-order valence-corrected chi connectivity index (χ3v) is 7.53. The van der Waals surface area contributed by atoms with E-state index in [1.54, 1.807) is 33.8 Å². The fourth-order valence-corrected chi connectivity index (χ4v) is 5.22. The van der Waals surface area contributed by atoms with Crippen molar-refractivity contribution in [3.63, 3.8) is 0 Å². The normalized spacial score (nSPS) is 15.0. The van der Waals surface area contributed by atoms with Crippen molar-refractivity contribution in [1.29, 1.82) is 0 Å². The fraction of sp³-hybridized carbons (Fsp3) is 0.276. The van der Waals surface area contributed by atoms with E-state index < -0.39 is 6.04 Å². The molecule has 1 saturated heterocycles. The highest BCUT2D eigenvalue weighted by Gasteiger charge is 2.34. The van der Waals surface area contributed by atoms with Gasteiger partial charge in [-0.3, -0.25) is 14.5 Å². The second kappa shape index (κ2) is 10.5. The molecule has 0 aliphatic carbocycles. The number of pyridine rings is 1. The van der Waals surface area contributed by atoms with Gasteiger partial charge in [-0.05, 0) is 88.8 Å². The number of aryl methyl sites for hydroxylation is 2. The highest BCUT2D eigenvalue weighted by Crippen LogP contribution is 2.29. The van der Waals surface area contributed by atoms with Gasteiger partial charge in [0.1, 0.15) is 11.9 Å². The Morgan fingerprint density at radius 3 is 2.52 bits per heavy atom. The number of carbonyl (C=O) groups is 1. The van der Waals surface area contributed by atoms with E-state index >= 15 is 0 Å². The van der Waals surface area contributed by atoms with Gasteiger partial charge in [0, 0.05) is 37.3 Å². The van der Waals surface area contributed by atoms with Crippen LogP contribution in [0.2, 0.25) is 0 Å². The third-order valence-electron chi connectivity index (χ3n) is 7.53. The summed E-state index contributed by atoms with van der Waals surface area (Å²) in [6.07, 6.45) is 1.48. The molecule has 11 heteroatoms. The number of piperazine rings is 1. The first-order valence-electron chi connectivity index (χ1n) is 13.1. The molecule has 4 heterocycles. The number of rotatable bonds is 6. The smallest absolute Gasteiger partial charge is 0.289 e. The number of halogens is 1. The molecule has 204 valence electrons. The summed E-state index contributed by atoms with van der Waals surface area (Å²) >= 11 is 0. The number of benzene rings is 2. The highest BCUT2D eigenvalue weighted by molar-refractivity contribution is 5.91. The number of aromatic nitrogens is 5. The predicted octanol–water partition coefficient (Wildman–Crippen LogP) is 3.46. The summed E-state index contributed by atoms with van der Waals surface area (Å²) in [6, 6.07) is 14.9. The summed E-state index contributed by atoms with van der Waals surface area (Å²) in [7, 11) is 0. The largest absolute Gasteiger partial charge is 0.459 e. The molecule has 1 amide bonds. The maximum Gasteiger partial charge on any atom is 0.289 e. The SMILES string of the molecule is Cc1cc2cc([C@@H](c3nnnn3Cc3ccc(F)cc3)N3CCN(C(=O)c4ccco4)CC3)c(=O)[nH]c2cc1C. The molecule has 0 bridgehead atoms. The monoisotopic (exact) mass is 541 g/mol. The van der Waals surface area contributed by atoms with Gasteiger partial charge in [-0.2, -0.15) is 0 Å². The summed E-state index contributed by atoms with van der Waals surface area (Å²) in [5.41, 5.74) is 4.07. The maximum atomic E-state index is 13.6. The molecule has 0 radical (unpaired) electrons. The molecular weight excluding hydrogens is 513 g/mol. The van der Waals surface area contributed by atoms with E-state index in [4.69, 9.17) is 4.42 Å². The maximum absolute atomic E-state index is 13.6. The first-order chi connectivity index (χ1) is 19.4. The Balaban J connectivity index is 1.38. The average Bonchev–Trinajstić information content (AvgIpc) is 3.65. The van der Waals surface area contributed by atoms with Gasteiger partial charge in [0.05, 0.1) is 12.8 Å². The zero-order chi connectivity index (χ0) is 27.8. The number of amides is 1. The van der Waals surface area contributed by atoms with Gasteiger partial charge < -0.3 is 14.3 Å². The molecule has 2 aromatic carbocycles. The second-order valence-electron chi connectivity index (χ2n) is 10.1. The first-order valence-corrected chi connectivity index (χ1v) is 13.1. The highest BCUT2D eigenvalue weighted by atomic mass is 19.1. The number of hydrogen-bond acceptors (Lipinski definition) is 7. The fourth-order valence-electron chi connectivity index (χ4n) is 5.22. The van der Waals surface area contributed by atoms with Crippen molar-refractivity contribution in [2.24, 2.45) is 0 Å². The van der Waals surface area contributed by atoms with Crippen molar-refractivity contribution in [3.05, 3.63) is 111 Å². The van der Waals surface area contributed by atoms with E-state index in [-0.39, 0.29) is 17.3 Å². The molecule has 1 atom stereocenters. The molecule has 0 unspecified atom stereocenters. The van der Waals surface area contributed by atoms with E-state index in [0.717, 1.165) is 27.6 Å². The topological polar surface area (TPSA) is 113 Å². The molecular formula is C29H28FN7O3. The standard InChI is InChI=1S/C29H28FN7O3/c1-18-14-21-16-23(28(38)31-24(21)15-19(18)2)26(27-32-33-34-37(27)17-20-5-7-22(30)8-6-20)35-9-11-36(12-10-35)29(39)25-4-3-13-40-25/h3-8,13-16,26H,9-12,17H2,1-2H3,(H,31,38)/t26-/m0/s1. The summed E-state index contributed by atoms with van der Waals surface area (Å²) < 4.78 is 20.5. The number of aromatic amines is 1. The van der Waals surface area contributed by atoms with Crippen LogP contribution in [0.4, 0.5) is 4.39 Å². The average molecular weight is 542 g/mol. The van der Waals surface area contributed by atoms with Crippen LogP contribution in [0.25, 0.3) is 10.9 Å². The quantitative estimate of drug-likeness (QED) is 0.350. The molecule has 40 heavy (non-hydrogen) atoms. The molecule has 5 aromatic rings. The van der Waals surface area contributed by atoms with Gasteiger partial charge in [0.15, 0.2) is 11.6 Å². The molecule has 1 aliphatic heterocycles. The Labute approximate surface area is 229 Å². The van der Waals surface area contributed by atoms with Crippen LogP contribution in [-0.4, -0.2) is 67.1 Å². The lowest BCUT2D eigenvalue weighted by molar-refractivity contribution is 0.0558. The Bertz CT molecular complexity index is 1720. The summed E-state index contributed by atoms with van der Waals surface area (Å²) in [6.45, 7) is 6.22. The number of nitrogens with zero attached hydrogens (tertiary/aromatic N) is 6. The van der Waals surface area contributed by atoms with E-state index in [1.165, 1.54) is 18.4 Å². The van der Waals surface area contributed by atoms with Crippen LogP contribution in [0.15, 0.2) is 70.1 Å². The lowest BCUT2D eigenvalue weighted by atomic mass is 10.00. The molecule has 1 N–H and O–H groups in total. The van der Waals surface area contributed by atoms with Crippen molar-refractivity contribution in [2.75, 3.05) is 26.2 Å². The minimum absolute atomic E-state index is 0.170. The van der Waals surface area contributed by atoms with Gasteiger partial charge in [-0.15, -0.1) is 5.10 Å². The minimum Gasteiger partial charge on any atom is -0.459 e. The van der Waals surface area contributed by atoms with Crippen LogP contribution < -0.4 is 5.56 Å². The van der Waals surface area contributed by atoms with Crippen molar-refractivity contribution in [2.45, 2.75) is 26.4 Å². The molecule has 6 rings (SSSR count). The van der Waals surface area contributed by atoms with E-state index in [9.17, 15) is 14.0 Å². The van der Waals surface area contributed by atoms with Gasteiger partial charge in [0.2, 0.25) is 0 Å². The second-order valence-corrected chi connectivity index (χ2v) is 10.1. The van der Waals surface area contributed by atoms with Crippen molar-refractivity contribution < 1.29 is 13.6 Å². The Hall–Kier alpha value is -4.64. The van der Waals surface area contributed by atoms with E-state index in [1.807, 2.05) is 26.0 Å². The Morgan fingerprint density at radius 2 is 1.80 bits per heavy atom. The molecule has 0 spiro atoms. The van der Waals surface area contributed by atoms with Crippen LogP contribution in [-0.2, 0) is 6.54 Å². The molecule has 0 saturated carbocycles. The zero-order valence-corrected chi connectivity index (χ0v) is 22.2. The summed E-state index contributed by atoms with van der Waals surface area (Å²) in [4.78, 5) is 33.3. The summed E-state index contributed by atoms with van der Waals surface area (Å²) in [5.74, 6) is 0.291. The zero-order valence-electron chi connectivity index (χ0n) is 22.2. The van der Waals surface area contributed by atoms with Crippen molar-refractivity contribution in [3.8, 4) is 0 Å². The number of carbonyl (C=O) groups excluding carboxylic acids is 1. The van der Waals surface area contributed by atoms with Crippen LogP contribution in [0.3, 0.4) is 0 Å². The van der Waals surface area contributed by atoms with Gasteiger partial charge in [-0.1, -0.05) is 12.1 Å². The van der Waals surface area contributed by atoms with Gasteiger partial charge in [0.25, 0.3) is 11.5 Å². The number of fused-ring (bicyclic) bond motifs is 1. The molecule has 10 nitrogen and oxygen atoms in total. The van der Waals surface area contributed by atoms with Crippen LogP contribution in [0, 0.1) is 19.7 Å². The minimum atomic E-state index is -0.578. The molecule has 1 aliphatic rings. The third kappa shape index (κ3) is 4.91. The Kier molecular flexibility index (Phi) is 6.72. The van der Waals surface area contributed by atoms with Crippen molar-refractivity contribution in [1.82, 2.24) is 35.0 Å². The molecule has 3 aromatic heterocycles. The van der Waals surface area contributed by atoms with Gasteiger partial charge >= 0.3 is 0 Å². The van der Waals surface area contributed by atoms with Gasteiger partial charge in [-0.25, -0.2) is 9.07 Å². The number of H-pyrrole nitrogens is 1. The summed E-state index contributed by atoms with van der Waals surface area (Å²) in [5, 5.41) is 13.4. The van der Waals surface area contributed by atoms with Crippen LogP contribution >= 0.6 is 0 Å². The lowest BCUT2D eigenvalue weighted by Gasteiger charge is -2.38. The Morgan fingerprint density at radius 1 is 1.05 bits per heavy atom. The van der Waals surface area contributed by atoms with Crippen LogP contribution in [0.1, 0.15) is 44.7 Å². The number of furan rings is 1. The number of nitrogens with one attached hydrogen (secondary N) is 1. The molecule has 1 fully saturated rings. The van der Waals surface area contributed by atoms with E-state index in [0.29, 0.717) is 49.9 Å². The van der Waals surface area contributed by atoms with E-state index in [2.05, 4.69) is 31.5 Å². The van der Waals surface area contributed by atoms with Crippen molar-refractivity contribution >= 4 is 16.8 Å². The van der Waals surface area contributed by atoms with Crippen LogP contribution in [0.5, 0.6) is 0 Å². The lowest BCUT2D eigenvalue weighted by Crippen LogP contribution is -2.50.